The summed E-state index contributed by atoms with van der Waals surface area (Å²) in [7, 11) is 0. The molecular weight excluding hydrogens is 415 g/mol. The van der Waals surface area contributed by atoms with Gasteiger partial charge in [-0.25, -0.2) is 4.98 Å². The number of hydrogen-bond acceptors (Lipinski definition) is 7. The van der Waals surface area contributed by atoms with Crippen molar-refractivity contribution in [3.8, 4) is 0 Å². The summed E-state index contributed by atoms with van der Waals surface area (Å²) in [5.41, 5.74) is 1.33. The summed E-state index contributed by atoms with van der Waals surface area (Å²) < 4.78 is 5.57. The van der Waals surface area contributed by atoms with Crippen molar-refractivity contribution < 1.29 is 9.21 Å². The summed E-state index contributed by atoms with van der Waals surface area (Å²) in [4.78, 5) is 16.4. The van der Waals surface area contributed by atoms with E-state index in [0.717, 1.165) is 10.7 Å². The highest BCUT2D eigenvalue weighted by Gasteiger charge is 2.12. The van der Waals surface area contributed by atoms with Crippen molar-refractivity contribution in [3.63, 3.8) is 0 Å². The number of thiazole rings is 1. The Kier molecular flexibility index (Phi) is 6.53. The molecular formula is C16H14Cl2N4O2S2. The van der Waals surface area contributed by atoms with Crippen LogP contribution >= 0.6 is 46.3 Å². The molecule has 0 saturated heterocycles. The van der Waals surface area contributed by atoms with Gasteiger partial charge in [-0.05, 0) is 19.1 Å². The first-order chi connectivity index (χ1) is 12.5. The minimum Gasteiger partial charge on any atom is -0.416 e. The zero-order chi connectivity index (χ0) is 18.5. The molecule has 3 rings (SSSR count). The van der Waals surface area contributed by atoms with Crippen molar-refractivity contribution in [1.29, 1.82) is 0 Å². The molecule has 1 N–H and O–H groups in total. The molecule has 0 aliphatic heterocycles. The number of para-hydroxylation sites is 1. The zero-order valence-electron chi connectivity index (χ0n) is 13.7. The van der Waals surface area contributed by atoms with Crippen LogP contribution in [0.1, 0.15) is 23.0 Å². The van der Waals surface area contributed by atoms with Crippen LogP contribution in [0.15, 0.2) is 33.2 Å². The number of nitrogens with one attached hydrogen (secondary N) is 1. The van der Waals surface area contributed by atoms with Crippen molar-refractivity contribution in [3.05, 3.63) is 50.2 Å². The van der Waals surface area contributed by atoms with Gasteiger partial charge in [-0.3, -0.25) is 4.79 Å². The molecule has 0 saturated carbocycles. The number of carbonyl (C=O) groups excluding carboxylic acids is 1. The third kappa shape index (κ3) is 5.20. The van der Waals surface area contributed by atoms with Gasteiger partial charge in [-0.15, -0.1) is 21.5 Å². The van der Waals surface area contributed by atoms with Crippen LogP contribution in [-0.2, 0) is 11.2 Å². The van der Waals surface area contributed by atoms with Crippen molar-refractivity contribution >= 4 is 57.9 Å². The van der Waals surface area contributed by atoms with Crippen molar-refractivity contribution in [1.82, 2.24) is 15.2 Å². The van der Waals surface area contributed by atoms with E-state index in [2.05, 4.69) is 20.5 Å². The van der Waals surface area contributed by atoms with Crippen LogP contribution in [0.4, 0.5) is 5.69 Å². The first kappa shape index (κ1) is 19.2. The lowest BCUT2D eigenvalue weighted by molar-refractivity contribution is -0.115. The third-order valence-corrected chi connectivity index (χ3v) is 5.50. The van der Waals surface area contributed by atoms with Gasteiger partial charge in [0, 0.05) is 17.6 Å². The lowest BCUT2D eigenvalue weighted by Crippen LogP contribution is -2.12. The fourth-order valence-corrected chi connectivity index (χ4v) is 3.88. The van der Waals surface area contributed by atoms with Crippen LogP contribution in [0.2, 0.25) is 10.0 Å². The van der Waals surface area contributed by atoms with Gasteiger partial charge >= 0.3 is 0 Å². The summed E-state index contributed by atoms with van der Waals surface area (Å²) in [6.07, 6.45) is 0.763. The van der Waals surface area contributed by atoms with Gasteiger partial charge in [0.1, 0.15) is 0 Å². The molecule has 0 spiro atoms. The average Bonchev–Trinajstić information content (AvgIpc) is 3.20. The van der Waals surface area contributed by atoms with Gasteiger partial charge < -0.3 is 9.73 Å². The highest BCUT2D eigenvalue weighted by Crippen LogP contribution is 2.30. The topological polar surface area (TPSA) is 80.9 Å². The molecule has 1 aromatic carbocycles. The van der Waals surface area contributed by atoms with Crippen LogP contribution in [-0.4, -0.2) is 26.8 Å². The maximum absolute atomic E-state index is 12.0. The Bertz CT molecular complexity index is 893. The van der Waals surface area contributed by atoms with E-state index >= 15 is 0 Å². The van der Waals surface area contributed by atoms with Gasteiger partial charge in [0.05, 0.1) is 32.9 Å². The average molecular weight is 429 g/mol. The van der Waals surface area contributed by atoms with Crippen molar-refractivity contribution in [2.45, 2.75) is 25.0 Å². The van der Waals surface area contributed by atoms with E-state index in [1.165, 1.54) is 11.8 Å². The molecule has 0 atom stereocenters. The van der Waals surface area contributed by atoms with E-state index in [1.54, 1.807) is 29.5 Å². The second kappa shape index (κ2) is 8.85. The van der Waals surface area contributed by atoms with Gasteiger partial charge in [0.25, 0.3) is 5.22 Å². The number of amides is 1. The Balaban J connectivity index is 1.47. The molecule has 0 bridgehead atoms. The fraction of sp³-hybridized carbons (Fsp3) is 0.250. The Hall–Kier alpha value is -1.61. The van der Waals surface area contributed by atoms with Gasteiger partial charge in [0.15, 0.2) is 0 Å². The molecule has 0 aliphatic rings. The van der Waals surface area contributed by atoms with E-state index in [9.17, 15) is 4.79 Å². The summed E-state index contributed by atoms with van der Waals surface area (Å²) in [5.74, 6) is 0.806. The van der Waals surface area contributed by atoms with Crippen molar-refractivity contribution in [2.24, 2.45) is 0 Å². The van der Waals surface area contributed by atoms with E-state index in [-0.39, 0.29) is 12.3 Å². The quantitative estimate of drug-likeness (QED) is 0.541. The zero-order valence-corrected chi connectivity index (χ0v) is 16.8. The molecule has 2 heterocycles. The fourth-order valence-electron chi connectivity index (χ4n) is 2.06. The largest absolute Gasteiger partial charge is 0.416 e. The van der Waals surface area contributed by atoms with Crippen LogP contribution < -0.4 is 5.32 Å². The number of aromatic nitrogens is 3. The van der Waals surface area contributed by atoms with E-state index in [1.807, 2.05) is 12.3 Å². The standard InChI is InChI=1S/C16H14Cl2N4O2S2/c1-9-19-10(8-26-9)7-14-21-22-16(24-14)25-6-5-13(23)20-15-11(17)3-2-4-12(15)18/h2-4,8H,5-7H2,1H3,(H,20,23). The smallest absolute Gasteiger partial charge is 0.276 e. The maximum Gasteiger partial charge on any atom is 0.276 e. The first-order valence-electron chi connectivity index (χ1n) is 7.61. The van der Waals surface area contributed by atoms with Crippen LogP contribution in [0.5, 0.6) is 0 Å². The molecule has 2 aromatic heterocycles. The number of nitrogens with zero attached hydrogens (tertiary/aromatic N) is 3. The lowest BCUT2D eigenvalue weighted by atomic mass is 10.3. The molecule has 10 heteroatoms. The molecule has 136 valence electrons. The van der Waals surface area contributed by atoms with E-state index in [0.29, 0.717) is 39.0 Å². The number of rotatable bonds is 7. The Labute approximate surface area is 168 Å². The predicted octanol–water partition coefficient (Wildman–Crippen LogP) is 4.85. The predicted molar refractivity (Wildman–Crippen MR) is 104 cm³/mol. The van der Waals surface area contributed by atoms with Gasteiger partial charge in [0.2, 0.25) is 11.8 Å². The number of halogens is 2. The molecule has 0 radical (unpaired) electrons. The van der Waals surface area contributed by atoms with Gasteiger partial charge in [-0.2, -0.15) is 0 Å². The summed E-state index contributed by atoms with van der Waals surface area (Å²) in [6, 6.07) is 5.06. The monoisotopic (exact) mass is 428 g/mol. The summed E-state index contributed by atoms with van der Waals surface area (Å²) >= 11 is 15.0. The summed E-state index contributed by atoms with van der Waals surface area (Å²) in [6.45, 7) is 1.95. The van der Waals surface area contributed by atoms with Crippen LogP contribution in [0.25, 0.3) is 0 Å². The highest BCUT2D eigenvalue weighted by molar-refractivity contribution is 7.99. The second-order valence-corrected chi connectivity index (χ2v) is 8.16. The molecule has 6 nitrogen and oxygen atoms in total. The second-order valence-electron chi connectivity index (χ2n) is 5.24. The van der Waals surface area contributed by atoms with Crippen molar-refractivity contribution in [2.75, 3.05) is 11.1 Å². The Morgan fingerprint density at radius 2 is 2.08 bits per heavy atom. The van der Waals surface area contributed by atoms with Crippen LogP contribution in [0, 0.1) is 6.92 Å². The minimum absolute atomic E-state index is 0.190. The third-order valence-electron chi connectivity index (χ3n) is 3.23. The number of benzene rings is 1. The normalized spacial score (nSPS) is 10.9. The Morgan fingerprint density at radius 3 is 2.77 bits per heavy atom. The highest BCUT2D eigenvalue weighted by atomic mass is 35.5. The number of hydrogen-bond donors (Lipinski definition) is 1. The summed E-state index contributed by atoms with van der Waals surface area (Å²) in [5, 5.41) is 14.9. The number of carbonyl (C=O) groups is 1. The van der Waals surface area contributed by atoms with E-state index < -0.39 is 0 Å². The number of thioether (sulfide) groups is 1. The maximum atomic E-state index is 12.0. The van der Waals surface area contributed by atoms with Gasteiger partial charge in [-0.1, -0.05) is 41.0 Å². The lowest BCUT2D eigenvalue weighted by Gasteiger charge is -2.08. The first-order valence-corrected chi connectivity index (χ1v) is 10.2. The molecule has 26 heavy (non-hydrogen) atoms. The molecule has 3 aromatic rings. The Morgan fingerprint density at radius 1 is 1.31 bits per heavy atom. The molecule has 1 amide bonds. The van der Waals surface area contributed by atoms with Crippen LogP contribution in [0.3, 0.4) is 0 Å². The molecule has 0 unspecified atom stereocenters. The number of anilines is 1. The van der Waals surface area contributed by atoms with E-state index in [4.69, 9.17) is 27.6 Å². The minimum atomic E-state index is -0.190. The SMILES string of the molecule is Cc1nc(Cc2nnc(SCCC(=O)Nc3c(Cl)cccc3Cl)o2)cs1. The number of aryl methyl sites for hydroxylation is 1. The molecule has 0 aliphatic carbocycles. The molecule has 0 fully saturated rings.